The lowest BCUT2D eigenvalue weighted by atomic mass is 10.3. The number of aromatic amines is 1. The van der Waals surface area contributed by atoms with Gasteiger partial charge in [-0.15, -0.1) is 0 Å². The number of ether oxygens (including phenoxy) is 1. The Hall–Kier alpha value is -2.37. The summed E-state index contributed by atoms with van der Waals surface area (Å²) in [6, 6.07) is 5.79. The zero-order chi connectivity index (χ0) is 14.4. The molecule has 5 nitrogen and oxygen atoms in total. The molecule has 0 aliphatic rings. The SMILES string of the molecule is Cc1cn[nH]c1NC(=O)CCCOc1ccc(F)cc1. The highest BCUT2D eigenvalue weighted by Crippen LogP contribution is 2.12. The van der Waals surface area contributed by atoms with Crippen molar-refractivity contribution in [3.8, 4) is 5.75 Å². The third-order valence-corrected chi connectivity index (χ3v) is 2.72. The molecular weight excluding hydrogens is 261 g/mol. The Bertz CT molecular complexity index is 566. The maximum atomic E-state index is 12.7. The molecule has 0 fully saturated rings. The molecule has 2 aromatic rings. The van der Waals surface area contributed by atoms with Gasteiger partial charge in [-0.25, -0.2) is 4.39 Å². The summed E-state index contributed by atoms with van der Waals surface area (Å²) in [6.45, 7) is 2.26. The first-order valence-electron chi connectivity index (χ1n) is 6.33. The lowest BCUT2D eigenvalue weighted by Gasteiger charge is -2.06. The van der Waals surface area contributed by atoms with Crippen LogP contribution in [0.5, 0.6) is 5.75 Å². The lowest BCUT2D eigenvalue weighted by Crippen LogP contribution is -2.13. The molecule has 0 unspecified atom stereocenters. The molecule has 0 aliphatic heterocycles. The van der Waals surface area contributed by atoms with E-state index in [0.717, 1.165) is 5.56 Å². The first-order valence-corrected chi connectivity index (χ1v) is 6.33. The molecule has 2 rings (SSSR count). The van der Waals surface area contributed by atoms with E-state index in [-0.39, 0.29) is 11.7 Å². The van der Waals surface area contributed by atoms with Gasteiger partial charge in [-0.1, -0.05) is 0 Å². The second-order valence-electron chi connectivity index (χ2n) is 4.38. The number of nitrogens with one attached hydrogen (secondary N) is 2. The van der Waals surface area contributed by atoms with Crippen LogP contribution in [0, 0.1) is 12.7 Å². The lowest BCUT2D eigenvalue weighted by molar-refractivity contribution is -0.116. The Labute approximate surface area is 116 Å². The number of aryl methyl sites for hydroxylation is 1. The van der Waals surface area contributed by atoms with Crippen molar-refractivity contribution in [2.45, 2.75) is 19.8 Å². The van der Waals surface area contributed by atoms with Crippen LogP contribution in [0.25, 0.3) is 0 Å². The Morgan fingerprint density at radius 2 is 2.15 bits per heavy atom. The highest BCUT2D eigenvalue weighted by Gasteiger charge is 2.06. The molecule has 1 amide bonds. The molecule has 0 saturated carbocycles. The van der Waals surface area contributed by atoms with E-state index in [0.29, 0.717) is 31.0 Å². The maximum absolute atomic E-state index is 12.7. The maximum Gasteiger partial charge on any atom is 0.225 e. The van der Waals surface area contributed by atoms with Crippen LogP contribution in [0.3, 0.4) is 0 Å². The smallest absolute Gasteiger partial charge is 0.225 e. The number of H-pyrrole nitrogens is 1. The first kappa shape index (κ1) is 14.0. The average molecular weight is 277 g/mol. The minimum absolute atomic E-state index is 0.0972. The minimum Gasteiger partial charge on any atom is -0.494 e. The van der Waals surface area contributed by atoms with Gasteiger partial charge in [0.05, 0.1) is 12.8 Å². The van der Waals surface area contributed by atoms with E-state index < -0.39 is 0 Å². The van der Waals surface area contributed by atoms with Crippen molar-refractivity contribution in [1.29, 1.82) is 0 Å². The summed E-state index contributed by atoms with van der Waals surface area (Å²) in [6.07, 6.45) is 2.57. The van der Waals surface area contributed by atoms with E-state index in [1.54, 1.807) is 18.3 Å². The summed E-state index contributed by atoms with van der Waals surface area (Å²) in [5.41, 5.74) is 0.890. The van der Waals surface area contributed by atoms with Crippen LogP contribution < -0.4 is 10.1 Å². The number of benzene rings is 1. The van der Waals surface area contributed by atoms with Crippen molar-refractivity contribution < 1.29 is 13.9 Å². The third-order valence-electron chi connectivity index (χ3n) is 2.72. The van der Waals surface area contributed by atoms with E-state index in [2.05, 4.69) is 15.5 Å². The Morgan fingerprint density at radius 1 is 1.40 bits per heavy atom. The van der Waals surface area contributed by atoms with Crippen LogP contribution in [0.15, 0.2) is 30.5 Å². The monoisotopic (exact) mass is 277 g/mol. The van der Waals surface area contributed by atoms with Crippen LogP contribution in [0.2, 0.25) is 0 Å². The summed E-state index contributed by atoms with van der Waals surface area (Å²) in [7, 11) is 0. The number of aromatic nitrogens is 2. The second-order valence-corrected chi connectivity index (χ2v) is 4.38. The summed E-state index contributed by atoms with van der Waals surface area (Å²) >= 11 is 0. The number of rotatable bonds is 6. The molecule has 0 spiro atoms. The summed E-state index contributed by atoms with van der Waals surface area (Å²) < 4.78 is 18.1. The van der Waals surface area contributed by atoms with Gasteiger partial charge in [0.15, 0.2) is 0 Å². The number of hydrogen-bond acceptors (Lipinski definition) is 3. The molecule has 6 heteroatoms. The quantitative estimate of drug-likeness (QED) is 0.798. The number of halogens is 1. The fourth-order valence-electron chi connectivity index (χ4n) is 1.63. The van der Waals surface area contributed by atoms with Gasteiger partial charge < -0.3 is 10.1 Å². The number of carbonyl (C=O) groups excluding carboxylic acids is 1. The molecule has 0 saturated heterocycles. The highest BCUT2D eigenvalue weighted by atomic mass is 19.1. The van der Waals surface area contributed by atoms with Gasteiger partial charge in [0.25, 0.3) is 0 Å². The normalized spacial score (nSPS) is 10.3. The highest BCUT2D eigenvalue weighted by molar-refractivity contribution is 5.90. The van der Waals surface area contributed by atoms with E-state index in [1.165, 1.54) is 12.1 Å². The minimum atomic E-state index is -0.299. The van der Waals surface area contributed by atoms with E-state index >= 15 is 0 Å². The molecule has 1 aromatic carbocycles. The number of amides is 1. The van der Waals surface area contributed by atoms with Crippen molar-refractivity contribution in [1.82, 2.24) is 10.2 Å². The molecule has 106 valence electrons. The Morgan fingerprint density at radius 3 is 2.80 bits per heavy atom. The number of carbonyl (C=O) groups is 1. The van der Waals surface area contributed by atoms with Crippen LogP contribution in [0.1, 0.15) is 18.4 Å². The molecule has 20 heavy (non-hydrogen) atoms. The van der Waals surface area contributed by atoms with Gasteiger partial charge in [0.2, 0.25) is 5.91 Å². The molecule has 0 aliphatic carbocycles. The van der Waals surface area contributed by atoms with Gasteiger partial charge in [-0.2, -0.15) is 5.10 Å². The summed E-state index contributed by atoms with van der Waals surface area (Å²) in [5, 5.41) is 9.27. The number of hydrogen-bond donors (Lipinski definition) is 2. The van der Waals surface area contributed by atoms with Gasteiger partial charge in [0.1, 0.15) is 17.4 Å². The van der Waals surface area contributed by atoms with E-state index in [1.807, 2.05) is 6.92 Å². The molecule has 1 aromatic heterocycles. The van der Waals surface area contributed by atoms with Gasteiger partial charge in [-0.3, -0.25) is 9.89 Å². The first-order chi connectivity index (χ1) is 9.65. The van der Waals surface area contributed by atoms with E-state index in [4.69, 9.17) is 4.74 Å². The van der Waals surface area contributed by atoms with Gasteiger partial charge in [0, 0.05) is 12.0 Å². The topological polar surface area (TPSA) is 67.0 Å². The van der Waals surface area contributed by atoms with Crippen molar-refractivity contribution in [3.05, 3.63) is 41.8 Å². The summed E-state index contributed by atoms with van der Waals surface area (Å²) in [5.74, 6) is 0.817. The van der Waals surface area contributed by atoms with Crippen LogP contribution in [0.4, 0.5) is 10.2 Å². The summed E-state index contributed by atoms with van der Waals surface area (Å²) in [4.78, 5) is 11.7. The Balaban J connectivity index is 1.67. The van der Waals surface area contributed by atoms with E-state index in [9.17, 15) is 9.18 Å². The zero-order valence-electron chi connectivity index (χ0n) is 11.1. The van der Waals surface area contributed by atoms with Crippen molar-refractivity contribution in [2.75, 3.05) is 11.9 Å². The fourth-order valence-corrected chi connectivity index (χ4v) is 1.63. The van der Waals surface area contributed by atoms with Crippen molar-refractivity contribution in [2.24, 2.45) is 0 Å². The number of anilines is 1. The number of nitrogens with zero attached hydrogens (tertiary/aromatic N) is 1. The fraction of sp³-hybridized carbons (Fsp3) is 0.286. The molecule has 2 N–H and O–H groups in total. The molecule has 0 atom stereocenters. The van der Waals surface area contributed by atoms with Crippen LogP contribution in [-0.2, 0) is 4.79 Å². The molecule has 0 bridgehead atoms. The standard InChI is InChI=1S/C14H16FN3O2/c1-10-9-16-18-14(10)17-13(19)3-2-8-20-12-6-4-11(15)5-7-12/h4-7,9H,2-3,8H2,1H3,(H2,16,17,18,19). The predicted octanol–water partition coefficient (Wildman–Crippen LogP) is 2.65. The second kappa shape index (κ2) is 6.70. The molecular formula is C14H16FN3O2. The van der Waals surface area contributed by atoms with Gasteiger partial charge in [-0.05, 0) is 37.6 Å². The average Bonchev–Trinajstić information content (AvgIpc) is 2.82. The van der Waals surface area contributed by atoms with Crippen molar-refractivity contribution in [3.63, 3.8) is 0 Å². The van der Waals surface area contributed by atoms with Crippen LogP contribution in [-0.4, -0.2) is 22.7 Å². The predicted molar refractivity (Wildman–Crippen MR) is 73.1 cm³/mol. The largest absolute Gasteiger partial charge is 0.494 e. The molecule has 1 heterocycles. The van der Waals surface area contributed by atoms with Gasteiger partial charge >= 0.3 is 0 Å². The Kier molecular flexibility index (Phi) is 4.70. The molecule has 0 radical (unpaired) electrons. The third kappa shape index (κ3) is 4.08. The van der Waals surface area contributed by atoms with Crippen LogP contribution >= 0.6 is 0 Å². The van der Waals surface area contributed by atoms with Crippen molar-refractivity contribution >= 4 is 11.7 Å². The zero-order valence-corrected chi connectivity index (χ0v) is 11.1.